The number of rotatable bonds is 1. The maximum absolute atomic E-state index is 4.35. The Bertz CT molecular complexity index is 251. The smallest absolute Gasteiger partial charge is 0.0535 e. The van der Waals surface area contributed by atoms with Gasteiger partial charge in [-0.25, -0.2) is 0 Å². The second kappa shape index (κ2) is 3.52. The standard InChI is InChI=1S/C9H14N2S/c1-8-6-10-11(7-8)9-2-4-12-5-3-9/h6-7,9H,2-5H2,1H3. The van der Waals surface area contributed by atoms with Crippen LogP contribution in [0.3, 0.4) is 0 Å². The van der Waals surface area contributed by atoms with E-state index in [9.17, 15) is 0 Å². The first-order valence-electron chi connectivity index (χ1n) is 4.45. The van der Waals surface area contributed by atoms with E-state index in [1.807, 2.05) is 6.20 Å². The average Bonchev–Trinajstić information content (AvgIpc) is 2.54. The molecule has 2 nitrogen and oxygen atoms in total. The third-order valence-electron chi connectivity index (χ3n) is 2.30. The van der Waals surface area contributed by atoms with E-state index in [-0.39, 0.29) is 0 Å². The molecule has 1 aromatic rings. The van der Waals surface area contributed by atoms with Crippen LogP contribution in [0.4, 0.5) is 0 Å². The molecule has 0 atom stereocenters. The maximum Gasteiger partial charge on any atom is 0.0535 e. The zero-order valence-electron chi connectivity index (χ0n) is 7.36. The van der Waals surface area contributed by atoms with Gasteiger partial charge in [-0.15, -0.1) is 0 Å². The molecule has 2 rings (SSSR count). The zero-order valence-corrected chi connectivity index (χ0v) is 8.18. The molecule has 0 spiro atoms. The molecule has 1 aliphatic rings. The Kier molecular flexibility index (Phi) is 2.40. The van der Waals surface area contributed by atoms with Crippen LogP contribution in [0.15, 0.2) is 12.4 Å². The molecule has 0 aromatic carbocycles. The van der Waals surface area contributed by atoms with E-state index < -0.39 is 0 Å². The predicted molar refractivity (Wildman–Crippen MR) is 52.6 cm³/mol. The fourth-order valence-corrected chi connectivity index (χ4v) is 2.66. The molecule has 0 unspecified atom stereocenters. The van der Waals surface area contributed by atoms with Crippen LogP contribution < -0.4 is 0 Å². The number of hydrogen-bond donors (Lipinski definition) is 0. The Balaban J connectivity index is 2.08. The van der Waals surface area contributed by atoms with Crippen molar-refractivity contribution in [2.75, 3.05) is 11.5 Å². The van der Waals surface area contributed by atoms with Gasteiger partial charge in [0, 0.05) is 6.20 Å². The van der Waals surface area contributed by atoms with Crippen LogP contribution in [0, 0.1) is 6.92 Å². The van der Waals surface area contributed by atoms with Gasteiger partial charge in [0.2, 0.25) is 0 Å². The Morgan fingerprint density at radius 1 is 1.50 bits per heavy atom. The molecule has 0 amide bonds. The van der Waals surface area contributed by atoms with E-state index in [2.05, 4.69) is 34.7 Å². The molecule has 0 bridgehead atoms. The first-order valence-corrected chi connectivity index (χ1v) is 5.60. The van der Waals surface area contributed by atoms with E-state index in [0.29, 0.717) is 6.04 Å². The lowest BCUT2D eigenvalue weighted by Crippen LogP contribution is -2.15. The van der Waals surface area contributed by atoms with Crippen molar-refractivity contribution in [1.29, 1.82) is 0 Å². The number of hydrogen-bond acceptors (Lipinski definition) is 2. The van der Waals surface area contributed by atoms with Crippen LogP contribution in [0.25, 0.3) is 0 Å². The van der Waals surface area contributed by atoms with Crippen molar-refractivity contribution >= 4 is 11.8 Å². The molecule has 12 heavy (non-hydrogen) atoms. The van der Waals surface area contributed by atoms with Gasteiger partial charge in [0.25, 0.3) is 0 Å². The lowest BCUT2D eigenvalue weighted by Gasteiger charge is -2.21. The topological polar surface area (TPSA) is 17.8 Å². The highest BCUT2D eigenvalue weighted by molar-refractivity contribution is 7.99. The van der Waals surface area contributed by atoms with E-state index in [4.69, 9.17) is 0 Å². The Morgan fingerprint density at radius 3 is 2.83 bits per heavy atom. The summed E-state index contributed by atoms with van der Waals surface area (Å²) in [6, 6.07) is 0.667. The molecular weight excluding hydrogens is 168 g/mol. The minimum absolute atomic E-state index is 0.667. The summed E-state index contributed by atoms with van der Waals surface area (Å²) in [6.07, 6.45) is 6.67. The molecule has 66 valence electrons. The summed E-state index contributed by atoms with van der Waals surface area (Å²) in [5.41, 5.74) is 1.27. The predicted octanol–water partition coefficient (Wildman–Crippen LogP) is 2.26. The van der Waals surface area contributed by atoms with Gasteiger partial charge in [0.1, 0.15) is 0 Å². The lowest BCUT2D eigenvalue weighted by atomic mass is 10.2. The molecule has 0 aliphatic carbocycles. The molecule has 2 heterocycles. The van der Waals surface area contributed by atoms with Gasteiger partial charge in [0.05, 0.1) is 12.2 Å². The Hall–Kier alpha value is -0.440. The average molecular weight is 182 g/mol. The fraction of sp³-hybridized carbons (Fsp3) is 0.667. The molecule has 1 fully saturated rings. The van der Waals surface area contributed by atoms with Crippen molar-refractivity contribution in [3.8, 4) is 0 Å². The normalized spacial score (nSPS) is 19.8. The van der Waals surface area contributed by atoms with Gasteiger partial charge in [-0.3, -0.25) is 4.68 Å². The zero-order chi connectivity index (χ0) is 8.39. The summed E-state index contributed by atoms with van der Waals surface area (Å²) in [5, 5.41) is 4.35. The minimum atomic E-state index is 0.667. The molecule has 1 aliphatic heterocycles. The SMILES string of the molecule is Cc1cnn(C2CCSCC2)c1. The molecule has 0 saturated carbocycles. The van der Waals surface area contributed by atoms with Crippen LogP contribution in [0.5, 0.6) is 0 Å². The third-order valence-corrected chi connectivity index (χ3v) is 3.34. The van der Waals surface area contributed by atoms with Gasteiger partial charge in [-0.2, -0.15) is 16.9 Å². The minimum Gasteiger partial charge on any atom is -0.269 e. The highest BCUT2D eigenvalue weighted by atomic mass is 32.2. The number of aryl methyl sites for hydroxylation is 1. The summed E-state index contributed by atoms with van der Waals surface area (Å²) in [7, 11) is 0. The van der Waals surface area contributed by atoms with Crippen LogP contribution in [0.1, 0.15) is 24.4 Å². The largest absolute Gasteiger partial charge is 0.269 e. The van der Waals surface area contributed by atoms with Crippen LogP contribution in [0.2, 0.25) is 0 Å². The monoisotopic (exact) mass is 182 g/mol. The molecule has 1 aromatic heterocycles. The molecule has 1 saturated heterocycles. The first-order chi connectivity index (χ1) is 5.86. The van der Waals surface area contributed by atoms with E-state index in [0.717, 1.165) is 0 Å². The van der Waals surface area contributed by atoms with Crippen LogP contribution in [-0.4, -0.2) is 21.3 Å². The molecule has 0 N–H and O–H groups in total. The van der Waals surface area contributed by atoms with E-state index in [1.54, 1.807) is 0 Å². The van der Waals surface area contributed by atoms with Crippen LogP contribution >= 0.6 is 11.8 Å². The van der Waals surface area contributed by atoms with E-state index >= 15 is 0 Å². The fourth-order valence-electron chi connectivity index (χ4n) is 1.58. The van der Waals surface area contributed by atoms with Crippen molar-refractivity contribution in [1.82, 2.24) is 9.78 Å². The number of thioether (sulfide) groups is 1. The Morgan fingerprint density at radius 2 is 2.25 bits per heavy atom. The second-order valence-corrected chi connectivity index (χ2v) is 4.57. The highest BCUT2D eigenvalue weighted by Crippen LogP contribution is 2.26. The number of nitrogens with zero attached hydrogens (tertiary/aromatic N) is 2. The molecule has 0 radical (unpaired) electrons. The summed E-state index contributed by atoms with van der Waals surface area (Å²) >= 11 is 2.06. The van der Waals surface area contributed by atoms with Gasteiger partial charge in [0.15, 0.2) is 0 Å². The number of aromatic nitrogens is 2. The molecule has 3 heteroatoms. The maximum atomic E-state index is 4.35. The lowest BCUT2D eigenvalue weighted by molar-refractivity contribution is 0.426. The van der Waals surface area contributed by atoms with Crippen molar-refractivity contribution in [2.24, 2.45) is 0 Å². The first kappa shape index (κ1) is 8.17. The van der Waals surface area contributed by atoms with Crippen molar-refractivity contribution in [2.45, 2.75) is 25.8 Å². The van der Waals surface area contributed by atoms with Gasteiger partial charge in [-0.1, -0.05) is 0 Å². The third kappa shape index (κ3) is 1.66. The van der Waals surface area contributed by atoms with Crippen molar-refractivity contribution in [3.63, 3.8) is 0 Å². The summed E-state index contributed by atoms with van der Waals surface area (Å²) in [4.78, 5) is 0. The molecular formula is C9H14N2S. The van der Waals surface area contributed by atoms with Crippen LogP contribution in [-0.2, 0) is 0 Å². The summed E-state index contributed by atoms with van der Waals surface area (Å²) in [6.45, 7) is 2.10. The van der Waals surface area contributed by atoms with Gasteiger partial charge < -0.3 is 0 Å². The summed E-state index contributed by atoms with van der Waals surface area (Å²) in [5.74, 6) is 2.59. The Labute approximate surface area is 77.3 Å². The second-order valence-electron chi connectivity index (χ2n) is 3.34. The van der Waals surface area contributed by atoms with Gasteiger partial charge >= 0.3 is 0 Å². The van der Waals surface area contributed by atoms with Gasteiger partial charge in [-0.05, 0) is 36.8 Å². The quantitative estimate of drug-likeness (QED) is 0.663. The highest BCUT2D eigenvalue weighted by Gasteiger charge is 2.15. The van der Waals surface area contributed by atoms with E-state index in [1.165, 1.54) is 29.9 Å². The van der Waals surface area contributed by atoms with Crippen molar-refractivity contribution < 1.29 is 0 Å². The van der Waals surface area contributed by atoms with Crippen molar-refractivity contribution in [3.05, 3.63) is 18.0 Å². The summed E-state index contributed by atoms with van der Waals surface area (Å²) < 4.78 is 2.13.